The maximum atomic E-state index is 13.2. The van der Waals surface area contributed by atoms with Crippen molar-refractivity contribution in [2.24, 2.45) is 0 Å². The molecule has 0 bridgehead atoms. The monoisotopic (exact) mass is 461 g/mol. The zero-order valence-electron chi connectivity index (χ0n) is 15.9. The van der Waals surface area contributed by atoms with Gasteiger partial charge in [0, 0.05) is 33.2 Å². The van der Waals surface area contributed by atoms with Crippen molar-refractivity contribution in [1.29, 1.82) is 0 Å². The summed E-state index contributed by atoms with van der Waals surface area (Å²) < 4.78 is 0.919. The lowest BCUT2D eigenvalue weighted by Crippen LogP contribution is -2.14. The molecule has 1 heterocycles. The number of aryl methyl sites for hydroxylation is 1. The zero-order valence-corrected chi connectivity index (χ0v) is 17.5. The number of fused-ring (bicyclic) bond motifs is 1. The Hall–Kier alpha value is -3.58. The Labute approximate surface area is 180 Å². The Balaban J connectivity index is 1.77. The van der Waals surface area contributed by atoms with Crippen molar-refractivity contribution in [3.05, 3.63) is 98.5 Å². The van der Waals surface area contributed by atoms with Crippen molar-refractivity contribution in [3.63, 3.8) is 0 Å². The number of nitro benzene ring substituents is 1. The van der Waals surface area contributed by atoms with E-state index in [0.717, 1.165) is 15.4 Å². The summed E-state index contributed by atoms with van der Waals surface area (Å²) in [6, 6.07) is 21.3. The number of para-hydroxylation sites is 1. The van der Waals surface area contributed by atoms with Crippen LogP contribution in [0.25, 0.3) is 22.2 Å². The van der Waals surface area contributed by atoms with Crippen LogP contribution in [0.5, 0.6) is 0 Å². The number of rotatable bonds is 4. The Morgan fingerprint density at radius 3 is 2.57 bits per heavy atom. The van der Waals surface area contributed by atoms with Crippen LogP contribution in [-0.2, 0) is 0 Å². The van der Waals surface area contributed by atoms with E-state index in [0.29, 0.717) is 28.0 Å². The number of amides is 1. The summed E-state index contributed by atoms with van der Waals surface area (Å²) in [6.07, 6.45) is 0. The molecule has 0 saturated heterocycles. The largest absolute Gasteiger partial charge is 0.322 e. The number of non-ortho nitro benzene ring substituents is 1. The van der Waals surface area contributed by atoms with Gasteiger partial charge in [0.05, 0.1) is 21.7 Å². The fourth-order valence-corrected chi connectivity index (χ4v) is 3.65. The van der Waals surface area contributed by atoms with Gasteiger partial charge in [-0.1, -0.05) is 46.3 Å². The van der Waals surface area contributed by atoms with Gasteiger partial charge in [-0.3, -0.25) is 14.9 Å². The van der Waals surface area contributed by atoms with Crippen LogP contribution in [0, 0.1) is 17.0 Å². The van der Waals surface area contributed by atoms with Gasteiger partial charge in [-0.25, -0.2) is 4.98 Å². The van der Waals surface area contributed by atoms with Crippen LogP contribution in [0.2, 0.25) is 0 Å². The number of carbonyl (C=O) groups is 1. The first-order chi connectivity index (χ1) is 14.4. The fraction of sp³-hybridized carbons (Fsp3) is 0.0435. The van der Waals surface area contributed by atoms with Crippen molar-refractivity contribution in [2.75, 3.05) is 5.32 Å². The summed E-state index contributed by atoms with van der Waals surface area (Å²) in [5.41, 5.74) is 3.88. The highest BCUT2D eigenvalue weighted by Crippen LogP contribution is 2.28. The minimum Gasteiger partial charge on any atom is -0.322 e. The van der Waals surface area contributed by atoms with Crippen LogP contribution in [0.4, 0.5) is 11.4 Å². The molecule has 0 aliphatic rings. The predicted octanol–water partition coefficient (Wildman–Crippen LogP) is 6.13. The molecule has 3 aromatic carbocycles. The second-order valence-electron chi connectivity index (χ2n) is 6.79. The number of carbonyl (C=O) groups excluding carboxylic acids is 1. The number of halogens is 1. The molecule has 0 atom stereocenters. The van der Waals surface area contributed by atoms with Crippen LogP contribution in [0.15, 0.2) is 77.3 Å². The molecule has 6 nitrogen and oxygen atoms in total. The fourth-order valence-electron chi connectivity index (χ4n) is 3.25. The zero-order chi connectivity index (χ0) is 21.3. The molecule has 0 spiro atoms. The number of hydrogen-bond donors (Lipinski definition) is 1. The van der Waals surface area contributed by atoms with E-state index in [2.05, 4.69) is 21.2 Å². The van der Waals surface area contributed by atoms with Gasteiger partial charge in [-0.2, -0.15) is 0 Å². The molecular weight excluding hydrogens is 446 g/mol. The van der Waals surface area contributed by atoms with Crippen LogP contribution in [-0.4, -0.2) is 15.8 Å². The normalized spacial score (nSPS) is 10.7. The molecule has 1 aromatic heterocycles. The van der Waals surface area contributed by atoms with E-state index in [1.165, 1.54) is 12.1 Å². The van der Waals surface area contributed by atoms with E-state index in [1.54, 1.807) is 19.1 Å². The summed E-state index contributed by atoms with van der Waals surface area (Å²) in [6.45, 7) is 1.72. The lowest BCUT2D eigenvalue weighted by Gasteiger charge is -2.12. The van der Waals surface area contributed by atoms with Gasteiger partial charge in [-0.05, 0) is 42.8 Å². The summed E-state index contributed by atoms with van der Waals surface area (Å²) >= 11 is 3.47. The SMILES string of the molecule is Cc1cc([N+](=O)[O-])ccc1NC(=O)c1cc(-c2cccc(Br)c2)nc2ccccc12. The molecule has 0 saturated carbocycles. The van der Waals surface area contributed by atoms with E-state index in [1.807, 2.05) is 48.5 Å². The highest BCUT2D eigenvalue weighted by Gasteiger charge is 2.16. The minimum absolute atomic E-state index is 0.0169. The molecule has 0 aliphatic heterocycles. The van der Waals surface area contributed by atoms with Crippen molar-refractivity contribution < 1.29 is 9.72 Å². The van der Waals surface area contributed by atoms with Crippen LogP contribution < -0.4 is 5.32 Å². The van der Waals surface area contributed by atoms with Gasteiger partial charge in [0.15, 0.2) is 0 Å². The van der Waals surface area contributed by atoms with Gasteiger partial charge in [0.25, 0.3) is 11.6 Å². The first-order valence-corrected chi connectivity index (χ1v) is 9.94. The van der Waals surface area contributed by atoms with Gasteiger partial charge < -0.3 is 5.32 Å². The summed E-state index contributed by atoms with van der Waals surface area (Å²) in [4.78, 5) is 28.4. The first kappa shape index (κ1) is 19.7. The number of hydrogen-bond acceptors (Lipinski definition) is 4. The van der Waals surface area contributed by atoms with E-state index in [-0.39, 0.29) is 11.6 Å². The Bertz CT molecular complexity index is 1300. The van der Waals surface area contributed by atoms with E-state index >= 15 is 0 Å². The number of nitro groups is 1. The highest BCUT2D eigenvalue weighted by molar-refractivity contribution is 9.10. The smallest absolute Gasteiger partial charge is 0.269 e. The quantitative estimate of drug-likeness (QED) is 0.292. The third-order valence-electron chi connectivity index (χ3n) is 4.75. The van der Waals surface area contributed by atoms with Crippen molar-refractivity contribution >= 4 is 44.1 Å². The maximum Gasteiger partial charge on any atom is 0.269 e. The second-order valence-corrected chi connectivity index (χ2v) is 7.71. The van der Waals surface area contributed by atoms with Crippen LogP contribution >= 0.6 is 15.9 Å². The summed E-state index contributed by atoms with van der Waals surface area (Å²) in [7, 11) is 0. The molecule has 148 valence electrons. The van der Waals surface area contributed by atoms with Gasteiger partial charge in [-0.15, -0.1) is 0 Å². The van der Waals surface area contributed by atoms with Crippen LogP contribution in [0.3, 0.4) is 0 Å². The third-order valence-corrected chi connectivity index (χ3v) is 5.24. The van der Waals surface area contributed by atoms with Crippen molar-refractivity contribution in [3.8, 4) is 11.3 Å². The number of anilines is 1. The number of benzene rings is 3. The lowest BCUT2D eigenvalue weighted by molar-refractivity contribution is -0.384. The molecule has 0 aliphatic carbocycles. The average molecular weight is 462 g/mol. The lowest BCUT2D eigenvalue weighted by atomic mass is 10.0. The molecular formula is C23H16BrN3O3. The molecule has 30 heavy (non-hydrogen) atoms. The first-order valence-electron chi connectivity index (χ1n) is 9.14. The van der Waals surface area contributed by atoms with Gasteiger partial charge in [0.2, 0.25) is 0 Å². The molecule has 0 radical (unpaired) electrons. The third kappa shape index (κ3) is 3.92. The van der Waals surface area contributed by atoms with Gasteiger partial charge in [0.1, 0.15) is 0 Å². The van der Waals surface area contributed by atoms with E-state index in [9.17, 15) is 14.9 Å². The summed E-state index contributed by atoms with van der Waals surface area (Å²) in [5.74, 6) is -0.304. The Kier molecular flexibility index (Phi) is 5.29. The van der Waals surface area contributed by atoms with Crippen LogP contribution in [0.1, 0.15) is 15.9 Å². The molecule has 4 rings (SSSR count). The molecule has 1 amide bonds. The second kappa shape index (κ2) is 8.04. The predicted molar refractivity (Wildman–Crippen MR) is 121 cm³/mol. The number of nitrogens with one attached hydrogen (secondary N) is 1. The standard InChI is InChI=1S/C23H16BrN3O3/c1-14-11-17(27(29)30)9-10-20(14)26-23(28)19-13-22(15-5-4-6-16(24)12-15)25-21-8-3-2-7-18(19)21/h2-13H,1H3,(H,26,28). The molecule has 4 aromatic rings. The average Bonchev–Trinajstić information content (AvgIpc) is 2.74. The minimum atomic E-state index is -0.459. The van der Waals surface area contributed by atoms with Crippen molar-refractivity contribution in [2.45, 2.75) is 6.92 Å². The molecule has 7 heteroatoms. The maximum absolute atomic E-state index is 13.2. The van der Waals surface area contributed by atoms with Crippen molar-refractivity contribution in [1.82, 2.24) is 4.98 Å². The molecule has 1 N–H and O–H groups in total. The topological polar surface area (TPSA) is 85.1 Å². The Morgan fingerprint density at radius 1 is 1.03 bits per heavy atom. The number of nitrogens with zero attached hydrogens (tertiary/aromatic N) is 2. The molecule has 0 fully saturated rings. The van der Waals surface area contributed by atoms with E-state index < -0.39 is 4.92 Å². The molecule has 0 unspecified atom stereocenters. The highest BCUT2D eigenvalue weighted by atomic mass is 79.9. The van der Waals surface area contributed by atoms with E-state index in [4.69, 9.17) is 4.98 Å². The Morgan fingerprint density at radius 2 is 1.83 bits per heavy atom. The van der Waals surface area contributed by atoms with Gasteiger partial charge >= 0.3 is 0 Å². The number of aromatic nitrogens is 1. The summed E-state index contributed by atoms with van der Waals surface area (Å²) in [5, 5.41) is 14.6. The number of pyridine rings is 1.